The molecule has 0 unspecified atom stereocenters. The van der Waals surface area contributed by atoms with E-state index in [1.54, 1.807) is 24.3 Å². The van der Waals surface area contributed by atoms with Gasteiger partial charge in [-0.1, -0.05) is 11.6 Å². The van der Waals surface area contributed by atoms with Gasteiger partial charge < -0.3 is 9.47 Å². The maximum absolute atomic E-state index is 12.6. The second-order valence-corrected chi connectivity index (χ2v) is 5.42. The molecule has 2 aromatic rings. The number of alkyl halides is 2. The van der Waals surface area contributed by atoms with E-state index in [2.05, 4.69) is 14.9 Å². The van der Waals surface area contributed by atoms with E-state index < -0.39 is 6.61 Å². The second-order valence-electron chi connectivity index (χ2n) is 5.04. The van der Waals surface area contributed by atoms with E-state index >= 15 is 0 Å². The summed E-state index contributed by atoms with van der Waals surface area (Å²) in [6, 6.07) is 8.02. The van der Waals surface area contributed by atoms with E-state index in [1.165, 1.54) is 6.07 Å². The molecule has 0 radical (unpaired) electrons. The molecule has 0 bridgehead atoms. The van der Waals surface area contributed by atoms with Gasteiger partial charge in [-0.25, -0.2) is 0 Å². The Balaban J connectivity index is 1.86. The maximum Gasteiger partial charge on any atom is 0.387 e. The molecule has 7 heteroatoms. The SMILES string of the molecule is FC(F)Oc1cc(-c2ccc(Cl)nn2)ccc1OCC1CC1. The molecule has 0 N–H and O–H groups in total. The Morgan fingerprint density at radius 3 is 2.59 bits per heavy atom. The molecule has 22 heavy (non-hydrogen) atoms. The van der Waals surface area contributed by atoms with Gasteiger partial charge in [0.15, 0.2) is 16.7 Å². The number of hydrogen-bond acceptors (Lipinski definition) is 4. The van der Waals surface area contributed by atoms with E-state index in [9.17, 15) is 8.78 Å². The third-order valence-corrected chi connectivity index (χ3v) is 3.46. The summed E-state index contributed by atoms with van der Waals surface area (Å²) in [4.78, 5) is 0. The third-order valence-electron chi connectivity index (χ3n) is 3.26. The molecule has 1 heterocycles. The van der Waals surface area contributed by atoms with Crippen LogP contribution in [0.3, 0.4) is 0 Å². The number of ether oxygens (including phenoxy) is 2. The predicted octanol–water partition coefficient (Wildman–Crippen LogP) is 4.19. The van der Waals surface area contributed by atoms with Crippen LogP contribution in [0.4, 0.5) is 8.78 Å². The Hall–Kier alpha value is -1.95. The quantitative estimate of drug-likeness (QED) is 0.798. The molecule has 1 saturated carbocycles. The van der Waals surface area contributed by atoms with Crippen LogP contribution in [-0.4, -0.2) is 23.4 Å². The van der Waals surface area contributed by atoms with Crippen LogP contribution in [-0.2, 0) is 0 Å². The number of aromatic nitrogens is 2. The lowest BCUT2D eigenvalue weighted by molar-refractivity contribution is -0.0515. The fraction of sp³-hybridized carbons (Fsp3) is 0.333. The molecule has 0 spiro atoms. The Bertz CT molecular complexity index is 648. The monoisotopic (exact) mass is 326 g/mol. The summed E-state index contributed by atoms with van der Waals surface area (Å²) in [6.07, 6.45) is 2.23. The van der Waals surface area contributed by atoms with Gasteiger partial charge in [0.25, 0.3) is 0 Å². The lowest BCUT2D eigenvalue weighted by Crippen LogP contribution is -2.06. The minimum absolute atomic E-state index is 0.00935. The summed E-state index contributed by atoms with van der Waals surface area (Å²) >= 11 is 5.68. The Kier molecular flexibility index (Phi) is 4.38. The first-order valence-electron chi connectivity index (χ1n) is 6.83. The summed E-state index contributed by atoms with van der Waals surface area (Å²) in [5.74, 6) is 0.809. The Morgan fingerprint density at radius 2 is 1.95 bits per heavy atom. The average molecular weight is 327 g/mol. The van der Waals surface area contributed by atoms with Crippen molar-refractivity contribution < 1.29 is 18.3 Å². The molecule has 1 fully saturated rings. The molecular formula is C15H13ClF2N2O2. The van der Waals surface area contributed by atoms with Crippen LogP contribution in [0.5, 0.6) is 11.5 Å². The first-order chi connectivity index (χ1) is 10.6. The smallest absolute Gasteiger partial charge is 0.387 e. The van der Waals surface area contributed by atoms with Crippen molar-refractivity contribution in [3.05, 3.63) is 35.5 Å². The molecule has 4 nitrogen and oxygen atoms in total. The van der Waals surface area contributed by atoms with E-state index in [4.69, 9.17) is 16.3 Å². The number of nitrogens with zero attached hydrogens (tertiary/aromatic N) is 2. The van der Waals surface area contributed by atoms with Crippen LogP contribution in [0.1, 0.15) is 12.8 Å². The minimum atomic E-state index is -2.92. The molecule has 1 aromatic carbocycles. The first kappa shape index (κ1) is 15.0. The summed E-state index contributed by atoms with van der Waals surface area (Å²) in [6.45, 7) is -2.41. The van der Waals surface area contributed by atoms with Crippen molar-refractivity contribution in [2.45, 2.75) is 19.5 Å². The number of halogens is 3. The van der Waals surface area contributed by atoms with Gasteiger partial charge in [-0.05, 0) is 49.1 Å². The van der Waals surface area contributed by atoms with E-state index in [0.29, 0.717) is 29.5 Å². The van der Waals surface area contributed by atoms with Gasteiger partial charge in [0.2, 0.25) is 0 Å². The molecule has 3 rings (SSSR count). The molecule has 1 aliphatic rings. The molecule has 0 saturated heterocycles. The van der Waals surface area contributed by atoms with Gasteiger partial charge in [0, 0.05) is 5.56 Å². The van der Waals surface area contributed by atoms with E-state index in [1.807, 2.05) is 0 Å². The lowest BCUT2D eigenvalue weighted by Gasteiger charge is -2.13. The number of hydrogen-bond donors (Lipinski definition) is 0. The molecular weight excluding hydrogens is 314 g/mol. The van der Waals surface area contributed by atoms with Gasteiger partial charge in [-0.3, -0.25) is 0 Å². The summed E-state index contributed by atoms with van der Waals surface area (Å²) in [5, 5.41) is 7.91. The molecule has 0 aliphatic heterocycles. The van der Waals surface area contributed by atoms with Crippen molar-refractivity contribution in [2.24, 2.45) is 5.92 Å². The van der Waals surface area contributed by atoms with Crippen LogP contribution in [0.2, 0.25) is 5.15 Å². The highest BCUT2D eigenvalue weighted by atomic mass is 35.5. The largest absolute Gasteiger partial charge is 0.489 e. The van der Waals surface area contributed by atoms with Crippen molar-refractivity contribution >= 4 is 11.6 Å². The highest BCUT2D eigenvalue weighted by molar-refractivity contribution is 6.29. The zero-order valence-corrected chi connectivity index (χ0v) is 12.3. The second kappa shape index (κ2) is 6.44. The minimum Gasteiger partial charge on any atom is -0.489 e. The average Bonchev–Trinajstić information content (AvgIpc) is 3.30. The molecule has 1 aromatic heterocycles. The standard InChI is InChI=1S/C15H13ClF2N2O2/c16-14-6-4-11(19-20-14)10-3-5-12(21-8-9-1-2-9)13(7-10)22-15(17)18/h3-7,9,15H,1-2,8H2. The highest BCUT2D eigenvalue weighted by Crippen LogP contribution is 2.36. The number of benzene rings is 1. The van der Waals surface area contributed by atoms with E-state index in [0.717, 1.165) is 12.8 Å². The molecule has 116 valence electrons. The summed E-state index contributed by atoms with van der Waals surface area (Å²) in [7, 11) is 0. The number of rotatable bonds is 6. The molecule has 1 aliphatic carbocycles. The fourth-order valence-electron chi connectivity index (χ4n) is 1.94. The summed E-state index contributed by atoms with van der Waals surface area (Å²) in [5.41, 5.74) is 1.11. The van der Waals surface area contributed by atoms with Gasteiger partial charge in [0.1, 0.15) is 0 Å². The van der Waals surface area contributed by atoms with Crippen molar-refractivity contribution in [2.75, 3.05) is 6.61 Å². The first-order valence-corrected chi connectivity index (χ1v) is 7.21. The predicted molar refractivity (Wildman–Crippen MR) is 77.3 cm³/mol. The third kappa shape index (κ3) is 3.82. The van der Waals surface area contributed by atoms with Crippen LogP contribution in [0, 0.1) is 5.92 Å². The van der Waals surface area contributed by atoms with Gasteiger partial charge in [0.05, 0.1) is 12.3 Å². The zero-order valence-electron chi connectivity index (χ0n) is 11.5. The van der Waals surface area contributed by atoms with E-state index in [-0.39, 0.29) is 10.9 Å². The normalized spacial score (nSPS) is 14.2. The highest BCUT2D eigenvalue weighted by Gasteiger charge is 2.23. The van der Waals surface area contributed by atoms with Crippen LogP contribution in [0.15, 0.2) is 30.3 Å². The molecule has 0 amide bonds. The molecule has 0 atom stereocenters. The van der Waals surface area contributed by atoms with Gasteiger partial charge >= 0.3 is 6.61 Å². The van der Waals surface area contributed by atoms with Crippen LogP contribution >= 0.6 is 11.6 Å². The lowest BCUT2D eigenvalue weighted by atomic mass is 10.1. The Morgan fingerprint density at radius 1 is 1.14 bits per heavy atom. The Labute approximate surface area is 131 Å². The van der Waals surface area contributed by atoms with Crippen molar-refractivity contribution in [3.8, 4) is 22.8 Å². The van der Waals surface area contributed by atoms with Crippen molar-refractivity contribution in [1.82, 2.24) is 10.2 Å². The topological polar surface area (TPSA) is 44.2 Å². The fourth-order valence-corrected chi connectivity index (χ4v) is 2.04. The maximum atomic E-state index is 12.6. The van der Waals surface area contributed by atoms with Crippen molar-refractivity contribution in [3.63, 3.8) is 0 Å². The van der Waals surface area contributed by atoms with Gasteiger partial charge in [-0.2, -0.15) is 8.78 Å². The van der Waals surface area contributed by atoms with Gasteiger partial charge in [-0.15, -0.1) is 10.2 Å². The van der Waals surface area contributed by atoms with Crippen LogP contribution in [0.25, 0.3) is 11.3 Å². The summed E-state index contributed by atoms with van der Waals surface area (Å²) < 4.78 is 35.3. The zero-order chi connectivity index (χ0) is 15.5. The van der Waals surface area contributed by atoms with Crippen LogP contribution < -0.4 is 9.47 Å². The van der Waals surface area contributed by atoms with Crippen molar-refractivity contribution in [1.29, 1.82) is 0 Å².